The van der Waals surface area contributed by atoms with E-state index in [0.29, 0.717) is 5.92 Å². The third-order valence-electron chi connectivity index (χ3n) is 4.88. The van der Waals surface area contributed by atoms with Gasteiger partial charge in [0.2, 0.25) is 5.91 Å². The third-order valence-corrected chi connectivity index (χ3v) is 4.88. The second kappa shape index (κ2) is 7.25. The minimum atomic E-state index is 0.130. The molecule has 19 heavy (non-hydrogen) atoms. The maximum absolute atomic E-state index is 12.2. The van der Waals surface area contributed by atoms with E-state index in [0.717, 1.165) is 32.4 Å². The molecule has 1 heterocycles. The number of likely N-dealkylation sites (tertiary alicyclic amines) is 1. The molecule has 1 aliphatic carbocycles. The van der Waals surface area contributed by atoms with Crippen molar-refractivity contribution in [1.29, 1.82) is 0 Å². The number of carbonyl (C=O) groups excluding carboxylic acids is 1. The summed E-state index contributed by atoms with van der Waals surface area (Å²) in [5.74, 6) is 0.675. The summed E-state index contributed by atoms with van der Waals surface area (Å²) in [4.78, 5) is 14.7. The van der Waals surface area contributed by atoms with Gasteiger partial charge in [0.1, 0.15) is 0 Å². The Kier molecular flexibility index (Phi) is 5.64. The molecule has 2 aliphatic rings. The summed E-state index contributed by atoms with van der Waals surface area (Å²) in [6.45, 7) is 6.30. The number of rotatable bonds is 4. The van der Waals surface area contributed by atoms with E-state index in [1.807, 2.05) is 0 Å². The van der Waals surface area contributed by atoms with Gasteiger partial charge in [0.15, 0.2) is 0 Å². The topological polar surface area (TPSA) is 58.4 Å². The Morgan fingerprint density at radius 2 is 1.95 bits per heavy atom. The SMILES string of the molecule is CC1C(N)CCCC1C(=O)NCCN1CCCCC1. The highest BCUT2D eigenvalue weighted by Gasteiger charge is 2.32. The molecule has 2 fully saturated rings. The van der Waals surface area contributed by atoms with Gasteiger partial charge in [0, 0.05) is 25.0 Å². The van der Waals surface area contributed by atoms with E-state index in [2.05, 4.69) is 17.1 Å². The summed E-state index contributed by atoms with van der Waals surface area (Å²) in [6.07, 6.45) is 7.14. The predicted octanol–water partition coefficient (Wildman–Crippen LogP) is 1.35. The largest absolute Gasteiger partial charge is 0.355 e. The van der Waals surface area contributed by atoms with Crippen molar-refractivity contribution in [1.82, 2.24) is 10.2 Å². The van der Waals surface area contributed by atoms with Crippen molar-refractivity contribution in [3.63, 3.8) is 0 Å². The van der Waals surface area contributed by atoms with Gasteiger partial charge in [-0.1, -0.05) is 19.8 Å². The fourth-order valence-electron chi connectivity index (χ4n) is 3.42. The first-order valence-electron chi connectivity index (χ1n) is 7.94. The Morgan fingerprint density at radius 1 is 1.21 bits per heavy atom. The Morgan fingerprint density at radius 3 is 2.68 bits per heavy atom. The fraction of sp³-hybridized carbons (Fsp3) is 0.933. The molecule has 0 radical (unpaired) electrons. The van der Waals surface area contributed by atoms with Gasteiger partial charge in [-0.15, -0.1) is 0 Å². The van der Waals surface area contributed by atoms with Gasteiger partial charge in [-0.2, -0.15) is 0 Å². The number of amides is 1. The molecule has 4 heteroatoms. The number of nitrogens with two attached hydrogens (primary N) is 1. The summed E-state index contributed by atoms with van der Waals surface area (Å²) in [5.41, 5.74) is 6.06. The van der Waals surface area contributed by atoms with Gasteiger partial charge in [0.25, 0.3) is 0 Å². The van der Waals surface area contributed by atoms with E-state index in [-0.39, 0.29) is 17.9 Å². The monoisotopic (exact) mass is 267 g/mol. The lowest BCUT2D eigenvalue weighted by molar-refractivity contribution is -0.127. The van der Waals surface area contributed by atoms with Crippen molar-refractivity contribution in [3.8, 4) is 0 Å². The standard InChI is InChI=1S/C15H29N3O/c1-12-13(6-5-7-14(12)16)15(19)17-8-11-18-9-3-2-4-10-18/h12-14H,2-11,16H2,1H3,(H,17,19). The molecule has 1 saturated heterocycles. The quantitative estimate of drug-likeness (QED) is 0.808. The summed E-state index contributed by atoms with van der Waals surface area (Å²) in [6, 6.07) is 0.201. The van der Waals surface area contributed by atoms with Gasteiger partial charge in [0.05, 0.1) is 0 Å². The number of piperidine rings is 1. The van der Waals surface area contributed by atoms with Gasteiger partial charge in [-0.3, -0.25) is 4.79 Å². The van der Waals surface area contributed by atoms with Crippen LogP contribution >= 0.6 is 0 Å². The third kappa shape index (κ3) is 4.18. The average molecular weight is 267 g/mol. The summed E-state index contributed by atoms with van der Waals surface area (Å²) < 4.78 is 0. The zero-order valence-electron chi connectivity index (χ0n) is 12.2. The van der Waals surface area contributed by atoms with Crippen LogP contribution in [0.3, 0.4) is 0 Å². The van der Waals surface area contributed by atoms with Crippen LogP contribution in [0.4, 0.5) is 0 Å². The minimum Gasteiger partial charge on any atom is -0.355 e. The maximum atomic E-state index is 12.2. The Hall–Kier alpha value is -0.610. The van der Waals surface area contributed by atoms with E-state index in [4.69, 9.17) is 5.73 Å². The average Bonchev–Trinajstić information content (AvgIpc) is 2.43. The Balaban J connectivity index is 1.68. The van der Waals surface area contributed by atoms with Crippen LogP contribution in [0.15, 0.2) is 0 Å². The molecule has 4 nitrogen and oxygen atoms in total. The molecule has 1 aliphatic heterocycles. The number of carbonyl (C=O) groups is 1. The second-order valence-corrected chi connectivity index (χ2v) is 6.25. The Bertz CT molecular complexity index is 289. The van der Waals surface area contributed by atoms with Gasteiger partial charge in [-0.25, -0.2) is 0 Å². The van der Waals surface area contributed by atoms with E-state index in [1.54, 1.807) is 0 Å². The molecule has 0 spiro atoms. The van der Waals surface area contributed by atoms with Crippen LogP contribution in [-0.4, -0.2) is 43.0 Å². The molecule has 2 rings (SSSR count). The molecule has 1 saturated carbocycles. The highest BCUT2D eigenvalue weighted by atomic mass is 16.1. The van der Waals surface area contributed by atoms with E-state index < -0.39 is 0 Å². The van der Waals surface area contributed by atoms with Crippen molar-refractivity contribution in [3.05, 3.63) is 0 Å². The molecular formula is C15H29N3O. The van der Waals surface area contributed by atoms with Crippen LogP contribution in [0.25, 0.3) is 0 Å². The normalized spacial score (nSPS) is 33.1. The van der Waals surface area contributed by atoms with Crippen LogP contribution in [0.2, 0.25) is 0 Å². The maximum Gasteiger partial charge on any atom is 0.223 e. The van der Waals surface area contributed by atoms with Crippen LogP contribution in [-0.2, 0) is 4.79 Å². The summed E-state index contributed by atoms with van der Waals surface area (Å²) in [5, 5.41) is 3.11. The first-order valence-corrected chi connectivity index (χ1v) is 7.94. The number of hydrogen-bond acceptors (Lipinski definition) is 3. The molecular weight excluding hydrogens is 238 g/mol. The van der Waals surface area contributed by atoms with Crippen LogP contribution in [0, 0.1) is 11.8 Å². The van der Waals surface area contributed by atoms with E-state index in [9.17, 15) is 4.79 Å². The lowest BCUT2D eigenvalue weighted by Crippen LogP contribution is -2.46. The lowest BCUT2D eigenvalue weighted by atomic mass is 9.77. The number of nitrogens with zero attached hydrogens (tertiary/aromatic N) is 1. The molecule has 3 unspecified atom stereocenters. The van der Waals surface area contributed by atoms with Gasteiger partial charge >= 0.3 is 0 Å². The van der Waals surface area contributed by atoms with Gasteiger partial charge < -0.3 is 16.0 Å². The van der Waals surface area contributed by atoms with Crippen LogP contribution < -0.4 is 11.1 Å². The van der Waals surface area contributed by atoms with Crippen LogP contribution in [0.5, 0.6) is 0 Å². The van der Waals surface area contributed by atoms with Crippen molar-refractivity contribution in [2.45, 2.75) is 51.5 Å². The molecule has 110 valence electrons. The van der Waals surface area contributed by atoms with Crippen LogP contribution in [0.1, 0.15) is 45.4 Å². The van der Waals surface area contributed by atoms with E-state index >= 15 is 0 Å². The highest BCUT2D eigenvalue weighted by Crippen LogP contribution is 2.28. The summed E-state index contributed by atoms with van der Waals surface area (Å²) >= 11 is 0. The van der Waals surface area contributed by atoms with Crippen molar-refractivity contribution in [2.24, 2.45) is 17.6 Å². The number of hydrogen-bond donors (Lipinski definition) is 2. The lowest BCUT2D eigenvalue weighted by Gasteiger charge is -2.33. The first-order chi connectivity index (χ1) is 9.18. The zero-order valence-corrected chi connectivity index (χ0v) is 12.2. The van der Waals surface area contributed by atoms with Crippen molar-refractivity contribution >= 4 is 5.91 Å². The molecule has 3 N–H and O–H groups in total. The highest BCUT2D eigenvalue weighted by molar-refractivity contribution is 5.79. The Labute approximate surface area is 117 Å². The van der Waals surface area contributed by atoms with Crippen molar-refractivity contribution in [2.75, 3.05) is 26.2 Å². The smallest absolute Gasteiger partial charge is 0.223 e. The summed E-state index contributed by atoms with van der Waals surface area (Å²) in [7, 11) is 0. The minimum absolute atomic E-state index is 0.130. The number of nitrogens with one attached hydrogen (secondary N) is 1. The molecule has 0 aromatic rings. The fourth-order valence-corrected chi connectivity index (χ4v) is 3.42. The predicted molar refractivity (Wildman–Crippen MR) is 77.8 cm³/mol. The molecule has 0 aromatic carbocycles. The molecule has 0 bridgehead atoms. The van der Waals surface area contributed by atoms with Gasteiger partial charge in [-0.05, 0) is 44.7 Å². The zero-order chi connectivity index (χ0) is 13.7. The first kappa shape index (κ1) is 14.8. The molecule has 3 atom stereocenters. The molecule has 1 amide bonds. The van der Waals surface area contributed by atoms with E-state index in [1.165, 1.54) is 32.4 Å². The molecule has 0 aromatic heterocycles. The van der Waals surface area contributed by atoms with Crippen molar-refractivity contribution < 1.29 is 4.79 Å². The second-order valence-electron chi connectivity index (χ2n) is 6.25.